The Balaban J connectivity index is 1.55. The van der Waals surface area contributed by atoms with Crippen LogP contribution in [0.3, 0.4) is 0 Å². The molecule has 0 fully saturated rings. The Bertz CT molecular complexity index is 869. The Labute approximate surface area is 160 Å². The van der Waals surface area contributed by atoms with E-state index >= 15 is 0 Å². The number of carbonyl (C=O) groups excluding carboxylic acids is 1. The first kappa shape index (κ1) is 18.2. The highest BCUT2D eigenvalue weighted by Crippen LogP contribution is 2.22. The fourth-order valence-corrected chi connectivity index (χ4v) is 2.92. The summed E-state index contributed by atoms with van der Waals surface area (Å²) in [6.45, 7) is 0. The third kappa shape index (κ3) is 4.97. The summed E-state index contributed by atoms with van der Waals surface area (Å²) in [4.78, 5) is 12.0. The van der Waals surface area contributed by atoms with E-state index < -0.39 is 0 Å². The van der Waals surface area contributed by atoms with E-state index in [9.17, 15) is 4.79 Å². The standard InChI is InChI=1S/C19H16ClN3O2S/c1-25-16-8-2-13(3-9-16)17-10-11-19(23-22-17)26-12-18(24)21-15-6-4-14(20)5-7-15/h2-11H,12H2,1H3,(H,21,24). The van der Waals surface area contributed by atoms with E-state index in [-0.39, 0.29) is 11.7 Å². The van der Waals surface area contributed by atoms with Gasteiger partial charge in [0.05, 0.1) is 18.6 Å². The van der Waals surface area contributed by atoms with Crippen molar-refractivity contribution in [2.24, 2.45) is 0 Å². The molecule has 3 aromatic rings. The van der Waals surface area contributed by atoms with Gasteiger partial charge in [-0.15, -0.1) is 10.2 Å². The molecule has 132 valence electrons. The summed E-state index contributed by atoms with van der Waals surface area (Å²) >= 11 is 7.15. The van der Waals surface area contributed by atoms with E-state index in [4.69, 9.17) is 16.3 Å². The molecule has 0 aliphatic carbocycles. The van der Waals surface area contributed by atoms with Crippen LogP contribution in [-0.2, 0) is 4.79 Å². The monoisotopic (exact) mass is 385 g/mol. The number of carbonyl (C=O) groups is 1. The Morgan fingerprint density at radius 3 is 2.38 bits per heavy atom. The van der Waals surface area contributed by atoms with E-state index in [1.165, 1.54) is 11.8 Å². The lowest BCUT2D eigenvalue weighted by molar-refractivity contribution is -0.113. The van der Waals surface area contributed by atoms with Crippen LogP contribution in [0.5, 0.6) is 5.75 Å². The number of anilines is 1. The third-order valence-electron chi connectivity index (χ3n) is 3.50. The van der Waals surface area contributed by atoms with Crippen LogP contribution in [0.2, 0.25) is 5.02 Å². The molecule has 1 N–H and O–H groups in total. The van der Waals surface area contributed by atoms with Crippen LogP contribution in [0.25, 0.3) is 11.3 Å². The number of nitrogens with one attached hydrogen (secondary N) is 1. The number of hydrogen-bond donors (Lipinski definition) is 1. The lowest BCUT2D eigenvalue weighted by Crippen LogP contribution is -2.14. The second-order valence-corrected chi connectivity index (χ2v) is 6.76. The number of aromatic nitrogens is 2. The normalized spacial score (nSPS) is 10.4. The summed E-state index contributed by atoms with van der Waals surface area (Å²) in [7, 11) is 1.63. The molecule has 0 unspecified atom stereocenters. The number of methoxy groups -OCH3 is 1. The van der Waals surface area contributed by atoms with E-state index in [1.807, 2.05) is 36.4 Å². The summed E-state index contributed by atoms with van der Waals surface area (Å²) in [5.41, 5.74) is 2.43. The van der Waals surface area contributed by atoms with Gasteiger partial charge in [-0.2, -0.15) is 0 Å². The molecule has 0 spiro atoms. The molecule has 0 saturated heterocycles. The average molecular weight is 386 g/mol. The van der Waals surface area contributed by atoms with Gasteiger partial charge in [-0.25, -0.2) is 0 Å². The van der Waals surface area contributed by atoms with Crippen molar-refractivity contribution in [1.82, 2.24) is 10.2 Å². The number of benzene rings is 2. The first-order chi connectivity index (χ1) is 12.6. The zero-order valence-electron chi connectivity index (χ0n) is 14.0. The van der Waals surface area contributed by atoms with E-state index in [0.29, 0.717) is 15.7 Å². The van der Waals surface area contributed by atoms with Gasteiger partial charge in [-0.05, 0) is 60.7 Å². The van der Waals surface area contributed by atoms with Gasteiger partial charge in [-0.3, -0.25) is 4.79 Å². The minimum absolute atomic E-state index is 0.113. The maximum atomic E-state index is 12.0. The van der Waals surface area contributed by atoms with Crippen molar-refractivity contribution in [3.8, 4) is 17.0 Å². The zero-order chi connectivity index (χ0) is 18.4. The van der Waals surface area contributed by atoms with Crippen LogP contribution >= 0.6 is 23.4 Å². The number of nitrogens with zero attached hydrogens (tertiary/aromatic N) is 2. The average Bonchev–Trinajstić information content (AvgIpc) is 2.69. The van der Waals surface area contributed by atoms with Gasteiger partial charge < -0.3 is 10.1 Å². The second-order valence-electron chi connectivity index (χ2n) is 5.33. The Morgan fingerprint density at radius 2 is 1.77 bits per heavy atom. The van der Waals surface area contributed by atoms with Gasteiger partial charge in [0, 0.05) is 16.3 Å². The van der Waals surface area contributed by atoms with Gasteiger partial charge in [0.1, 0.15) is 10.8 Å². The number of hydrogen-bond acceptors (Lipinski definition) is 5. The van der Waals surface area contributed by atoms with E-state index in [1.54, 1.807) is 31.4 Å². The Hall–Kier alpha value is -2.57. The summed E-state index contributed by atoms with van der Waals surface area (Å²) in [5.74, 6) is 0.929. The van der Waals surface area contributed by atoms with Crippen LogP contribution < -0.4 is 10.1 Å². The van der Waals surface area contributed by atoms with Crippen molar-refractivity contribution in [3.05, 3.63) is 65.7 Å². The number of halogens is 1. The van der Waals surface area contributed by atoms with Crippen LogP contribution in [0.4, 0.5) is 5.69 Å². The molecule has 0 aliphatic rings. The number of thioether (sulfide) groups is 1. The maximum Gasteiger partial charge on any atom is 0.234 e. The molecule has 0 saturated carbocycles. The van der Waals surface area contributed by atoms with E-state index in [0.717, 1.165) is 17.0 Å². The number of ether oxygens (including phenoxy) is 1. The first-order valence-electron chi connectivity index (χ1n) is 7.80. The predicted octanol–water partition coefficient (Wildman–Crippen LogP) is 4.54. The van der Waals surface area contributed by atoms with Crippen molar-refractivity contribution in [3.63, 3.8) is 0 Å². The van der Waals surface area contributed by atoms with Gasteiger partial charge in [0.15, 0.2) is 0 Å². The van der Waals surface area contributed by atoms with Crippen molar-refractivity contribution >= 4 is 35.0 Å². The number of amides is 1. The van der Waals surface area contributed by atoms with Crippen LogP contribution in [0.1, 0.15) is 0 Å². The summed E-state index contributed by atoms with van der Waals surface area (Å²) in [6, 6.07) is 18.3. The minimum atomic E-state index is -0.113. The lowest BCUT2D eigenvalue weighted by atomic mass is 10.1. The highest BCUT2D eigenvalue weighted by molar-refractivity contribution is 7.99. The van der Waals surface area contributed by atoms with Gasteiger partial charge in [0.25, 0.3) is 0 Å². The fourth-order valence-electron chi connectivity index (χ4n) is 2.18. The molecule has 0 atom stereocenters. The molecule has 0 bridgehead atoms. The van der Waals surface area contributed by atoms with Gasteiger partial charge >= 0.3 is 0 Å². The predicted molar refractivity (Wildman–Crippen MR) is 105 cm³/mol. The smallest absolute Gasteiger partial charge is 0.234 e. The summed E-state index contributed by atoms with van der Waals surface area (Å²) in [6.07, 6.45) is 0. The largest absolute Gasteiger partial charge is 0.497 e. The Kier molecular flexibility index (Phi) is 6.09. The summed E-state index contributed by atoms with van der Waals surface area (Å²) in [5, 5.41) is 12.5. The minimum Gasteiger partial charge on any atom is -0.497 e. The number of rotatable bonds is 6. The topological polar surface area (TPSA) is 64.1 Å². The molecular weight excluding hydrogens is 370 g/mol. The van der Waals surface area contributed by atoms with E-state index in [2.05, 4.69) is 15.5 Å². The highest BCUT2D eigenvalue weighted by Gasteiger charge is 2.06. The summed E-state index contributed by atoms with van der Waals surface area (Å²) < 4.78 is 5.14. The SMILES string of the molecule is COc1ccc(-c2ccc(SCC(=O)Nc3ccc(Cl)cc3)nn2)cc1. The molecule has 1 heterocycles. The first-order valence-corrected chi connectivity index (χ1v) is 9.17. The second kappa shape index (κ2) is 8.69. The molecule has 2 aromatic carbocycles. The molecule has 3 rings (SSSR count). The fraction of sp³-hybridized carbons (Fsp3) is 0.105. The lowest BCUT2D eigenvalue weighted by Gasteiger charge is -2.05. The van der Waals surface area contributed by atoms with Crippen molar-refractivity contribution in [2.45, 2.75) is 5.03 Å². The quantitative estimate of drug-likeness (QED) is 0.631. The molecule has 7 heteroatoms. The maximum absolute atomic E-state index is 12.0. The Morgan fingerprint density at radius 1 is 1.04 bits per heavy atom. The van der Waals surface area contributed by atoms with Crippen molar-refractivity contribution in [2.75, 3.05) is 18.2 Å². The molecule has 1 amide bonds. The highest BCUT2D eigenvalue weighted by atomic mass is 35.5. The molecular formula is C19H16ClN3O2S. The third-order valence-corrected chi connectivity index (χ3v) is 4.68. The van der Waals surface area contributed by atoms with Crippen LogP contribution in [0, 0.1) is 0 Å². The van der Waals surface area contributed by atoms with Gasteiger partial charge in [0.2, 0.25) is 5.91 Å². The van der Waals surface area contributed by atoms with Crippen molar-refractivity contribution < 1.29 is 9.53 Å². The molecule has 1 aromatic heterocycles. The molecule has 5 nitrogen and oxygen atoms in total. The van der Waals surface area contributed by atoms with Crippen LogP contribution in [0.15, 0.2) is 65.7 Å². The molecule has 0 radical (unpaired) electrons. The molecule has 0 aliphatic heterocycles. The van der Waals surface area contributed by atoms with Crippen LogP contribution in [-0.4, -0.2) is 29.0 Å². The molecule has 26 heavy (non-hydrogen) atoms. The van der Waals surface area contributed by atoms with Crippen molar-refractivity contribution in [1.29, 1.82) is 0 Å². The zero-order valence-corrected chi connectivity index (χ0v) is 15.6. The van der Waals surface area contributed by atoms with Gasteiger partial charge in [-0.1, -0.05) is 23.4 Å².